The number of nitrogens with zero attached hydrogens (tertiary/aromatic N) is 1. The Bertz CT molecular complexity index is 496. The lowest BCUT2D eigenvalue weighted by atomic mass is 10.2. The van der Waals surface area contributed by atoms with E-state index in [1.165, 1.54) is 4.90 Å². The van der Waals surface area contributed by atoms with Crippen LogP contribution in [0.5, 0.6) is 5.75 Å². The zero-order valence-corrected chi connectivity index (χ0v) is 12.4. The molecule has 1 aliphatic heterocycles. The average Bonchev–Trinajstić information content (AvgIpc) is 2.80. The second-order valence-electron chi connectivity index (χ2n) is 5.06. The van der Waals surface area contributed by atoms with Crippen LogP contribution in [0.2, 0.25) is 5.02 Å². The van der Waals surface area contributed by atoms with Gasteiger partial charge in [-0.1, -0.05) is 11.6 Å². The van der Waals surface area contributed by atoms with Crippen molar-refractivity contribution in [2.45, 2.75) is 18.4 Å². The standard InChI is InChI=1S/C14H17ClF2N2O2/c1-19(13(20)12-8-14(16,17)9-18-12)6-7-21-11-4-2-10(15)3-5-11/h2-5,12,18H,6-9H2,1H3. The minimum absolute atomic E-state index is 0.285. The van der Waals surface area contributed by atoms with Crippen LogP contribution in [0.3, 0.4) is 0 Å². The van der Waals surface area contributed by atoms with Crippen molar-refractivity contribution in [2.75, 3.05) is 26.7 Å². The van der Waals surface area contributed by atoms with Crippen molar-refractivity contribution < 1.29 is 18.3 Å². The lowest BCUT2D eigenvalue weighted by Crippen LogP contribution is -2.43. The molecular formula is C14H17ClF2N2O2. The van der Waals surface area contributed by atoms with E-state index in [2.05, 4.69) is 5.32 Å². The molecule has 1 N–H and O–H groups in total. The minimum Gasteiger partial charge on any atom is -0.492 e. The number of rotatable bonds is 5. The molecular weight excluding hydrogens is 302 g/mol. The summed E-state index contributed by atoms with van der Waals surface area (Å²) in [5.41, 5.74) is 0. The number of carbonyl (C=O) groups is 1. The first-order valence-corrected chi connectivity index (χ1v) is 7.00. The normalized spacial score (nSPS) is 20.3. The molecule has 1 unspecified atom stereocenters. The molecule has 1 atom stereocenters. The maximum absolute atomic E-state index is 13.1. The van der Waals surface area contributed by atoms with Crippen molar-refractivity contribution in [3.8, 4) is 5.75 Å². The van der Waals surface area contributed by atoms with Crippen molar-refractivity contribution in [3.63, 3.8) is 0 Å². The number of likely N-dealkylation sites (N-methyl/N-ethyl adjacent to an activating group) is 1. The summed E-state index contributed by atoms with van der Waals surface area (Å²) in [4.78, 5) is 13.4. The van der Waals surface area contributed by atoms with Crippen molar-refractivity contribution in [2.24, 2.45) is 0 Å². The Labute approximate surface area is 127 Å². The molecule has 0 bridgehead atoms. The van der Waals surface area contributed by atoms with E-state index in [9.17, 15) is 13.6 Å². The zero-order valence-electron chi connectivity index (χ0n) is 11.6. The molecule has 0 aromatic heterocycles. The lowest BCUT2D eigenvalue weighted by Gasteiger charge is -2.21. The van der Waals surface area contributed by atoms with Gasteiger partial charge in [0, 0.05) is 18.5 Å². The Morgan fingerprint density at radius 3 is 2.71 bits per heavy atom. The maximum Gasteiger partial charge on any atom is 0.262 e. The number of amides is 1. The number of hydrogen-bond acceptors (Lipinski definition) is 3. The molecule has 0 aliphatic carbocycles. The molecule has 0 saturated carbocycles. The van der Waals surface area contributed by atoms with Gasteiger partial charge in [-0.3, -0.25) is 10.1 Å². The Hall–Kier alpha value is -1.40. The van der Waals surface area contributed by atoms with Gasteiger partial charge >= 0.3 is 0 Å². The first-order chi connectivity index (χ1) is 9.87. The molecule has 7 heteroatoms. The molecule has 1 fully saturated rings. The van der Waals surface area contributed by atoms with Gasteiger partial charge in [0.05, 0.1) is 19.1 Å². The SMILES string of the molecule is CN(CCOc1ccc(Cl)cc1)C(=O)C1CC(F)(F)CN1. The van der Waals surface area contributed by atoms with Gasteiger partial charge in [0.25, 0.3) is 5.92 Å². The van der Waals surface area contributed by atoms with Crippen LogP contribution in [0.4, 0.5) is 8.78 Å². The predicted molar refractivity (Wildman–Crippen MR) is 75.9 cm³/mol. The van der Waals surface area contributed by atoms with E-state index in [0.717, 1.165) is 0 Å². The zero-order chi connectivity index (χ0) is 15.5. The monoisotopic (exact) mass is 318 g/mol. The summed E-state index contributed by atoms with van der Waals surface area (Å²) >= 11 is 5.76. The third kappa shape index (κ3) is 4.54. The second kappa shape index (κ2) is 6.58. The second-order valence-corrected chi connectivity index (χ2v) is 5.49. The number of nitrogens with one attached hydrogen (secondary N) is 1. The van der Waals surface area contributed by atoms with E-state index in [1.807, 2.05) is 0 Å². The summed E-state index contributed by atoms with van der Waals surface area (Å²) < 4.78 is 31.6. The van der Waals surface area contributed by atoms with Gasteiger partial charge in [0.15, 0.2) is 0 Å². The molecule has 0 spiro atoms. The Balaban J connectivity index is 1.75. The molecule has 1 saturated heterocycles. The van der Waals surface area contributed by atoms with Crippen molar-refractivity contribution >= 4 is 17.5 Å². The maximum atomic E-state index is 13.1. The van der Waals surface area contributed by atoms with Crippen LogP contribution in [-0.2, 0) is 4.79 Å². The van der Waals surface area contributed by atoms with Gasteiger partial charge < -0.3 is 9.64 Å². The topological polar surface area (TPSA) is 41.6 Å². The van der Waals surface area contributed by atoms with Crippen LogP contribution < -0.4 is 10.1 Å². The van der Waals surface area contributed by atoms with Gasteiger partial charge in [0.1, 0.15) is 12.4 Å². The largest absolute Gasteiger partial charge is 0.492 e. The highest BCUT2D eigenvalue weighted by atomic mass is 35.5. The van der Waals surface area contributed by atoms with E-state index in [-0.39, 0.29) is 12.5 Å². The first kappa shape index (κ1) is 16.0. The summed E-state index contributed by atoms with van der Waals surface area (Å²) in [5, 5.41) is 3.16. The summed E-state index contributed by atoms with van der Waals surface area (Å²) in [7, 11) is 1.58. The molecule has 116 valence electrons. The number of ether oxygens (including phenoxy) is 1. The Morgan fingerprint density at radius 2 is 2.14 bits per heavy atom. The van der Waals surface area contributed by atoms with Gasteiger partial charge in [-0.05, 0) is 24.3 Å². The van der Waals surface area contributed by atoms with Gasteiger partial charge in [0.2, 0.25) is 5.91 Å². The van der Waals surface area contributed by atoms with E-state index < -0.39 is 24.9 Å². The number of carbonyl (C=O) groups excluding carboxylic acids is 1. The minimum atomic E-state index is -2.80. The first-order valence-electron chi connectivity index (χ1n) is 6.62. The van der Waals surface area contributed by atoms with Gasteiger partial charge in [-0.2, -0.15) is 0 Å². The third-order valence-electron chi connectivity index (χ3n) is 3.29. The van der Waals surface area contributed by atoms with Crippen LogP contribution >= 0.6 is 11.6 Å². The van der Waals surface area contributed by atoms with Gasteiger partial charge in [-0.25, -0.2) is 8.78 Å². The number of halogens is 3. The average molecular weight is 319 g/mol. The van der Waals surface area contributed by atoms with E-state index in [4.69, 9.17) is 16.3 Å². The van der Waals surface area contributed by atoms with Crippen molar-refractivity contribution in [1.29, 1.82) is 0 Å². The molecule has 1 heterocycles. The Kier molecular flexibility index (Phi) is 5.00. The smallest absolute Gasteiger partial charge is 0.262 e. The van der Waals surface area contributed by atoms with E-state index in [0.29, 0.717) is 17.3 Å². The van der Waals surface area contributed by atoms with Crippen LogP contribution in [0.25, 0.3) is 0 Å². The molecule has 1 aromatic rings. The number of hydrogen-bond donors (Lipinski definition) is 1. The summed E-state index contributed by atoms with van der Waals surface area (Å²) in [6, 6.07) is 6.04. The summed E-state index contributed by atoms with van der Waals surface area (Å²) in [6.07, 6.45) is -0.450. The molecule has 1 aliphatic rings. The van der Waals surface area contributed by atoms with Crippen LogP contribution in [0, 0.1) is 0 Å². The molecule has 1 amide bonds. The van der Waals surface area contributed by atoms with E-state index in [1.54, 1.807) is 31.3 Å². The molecule has 0 radical (unpaired) electrons. The fraction of sp³-hybridized carbons (Fsp3) is 0.500. The molecule has 2 rings (SSSR count). The predicted octanol–water partition coefficient (Wildman–Crippen LogP) is 2.17. The van der Waals surface area contributed by atoms with Crippen molar-refractivity contribution in [1.82, 2.24) is 10.2 Å². The molecule has 21 heavy (non-hydrogen) atoms. The van der Waals surface area contributed by atoms with Crippen LogP contribution in [0.1, 0.15) is 6.42 Å². The lowest BCUT2D eigenvalue weighted by molar-refractivity contribution is -0.132. The Morgan fingerprint density at radius 1 is 1.48 bits per heavy atom. The highest BCUT2D eigenvalue weighted by Crippen LogP contribution is 2.25. The fourth-order valence-corrected chi connectivity index (χ4v) is 2.22. The fourth-order valence-electron chi connectivity index (χ4n) is 2.10. The quantitative estimate of drug-likeness (QED) is 0.904. The summed E-state index contributed by atoms with van der Waals surface area (Å²) in [6.45, 7) is 0.163. The van der Waals surface area contributed by atoms with Crippen LogP contribution in [0.15, 0.2) is 24.3 Å². The van der Waals surface area contributed by atoms with E-state index >= 15 is 0 Å². The van der Waals surface area contributed by atoms with Crippen LogP contribution in [-0.4, -0.2) is 49.5 Å². The number of alkyl halides is 2. The highest BCUT2D eigenvalue weighted by Gasteiger charge is 2.43. The third-order valence-corrected chi connectivity index (χ3v) is 3.55. The molecule has 4 nitrogen and oxygen atoms in total. The van der Waals surface area contributed by atoms with Gasteiger partial charge in [-0.15, -0.1) is 0 Å². The summed E-state index contributed by atoms with van der Waals surface area (Å²) in [5.74, 6) is -2.50. The molecule has 1 aromatic carbocycles. The highest BCUT2D eigenvalue weighted by molar-refractivity contribution is 6.30. The number of benzene rings is 1. The van der Waals surface area contributed by atoms with Crippen molar-refractivity contribution in [3.05, 3.63) is 29.3 Å².